The summed E-state index contributed by atoms with van der Waals surface area (Å²) in [5.74, 6) is 6.58. The van der Waals surface area contributed by atoms with Crippen molar-refractivity contribution in [3.63, 3.8) is 0 Å². The summed E-state index contributed by atoms with van der Waals surface area (Å²) in [4.78, 5) is 41.4. The minimum absolute atomic E-state index is 0.0845. The number of pyridine rings is 1. The summed E-state index contributed by atoms with van der Waals surface area (Å²) in [7, 11) is 2.16. The summed E-state index contributed by atoms with van der Waals surface area (Å²) in [6.45, 7) is 11.0. The van der Waals surface area contributed by atoms with Gasteiger partial charge in [-0.1, -0.05) is 48.9 Å². The number of fused-ring (bicyclic) bond motifs is 1. The quantitative estimate of drug-likeness (QED) is 0.0446. The number of carboxylic acids is 1. The Hall–Kier alpha value is -5.71. The molecule has 1 amide bonds. The number of aryl methyl sites for hydroxylation is 1. The van der Waals surface area contributed by atoms with Gasteiger partial charge in [0.2, 0.25) is 5.95 Å². The van der Waals surface area contributed by atoms with Crippen LogP contribution >= 0.6 is 0 Å². The van der Waals surface area contributed by atoms with Crippen molar-refractivity contribution in [2.75, 3.05) is 43.9 Å². The maximum Gasteiger partial charge on any atom is 0.303 e. The number of nitrogens with one attached hydrogen (secondary N) is 2. The molecule has 5 N–H and O–H groups in total. The number of benzene rings is 2. The van der Waals surface area contributed by atoms with E-state index in [9.17, 15) is 19.8 Å². The van der Waals surface area contributed by atoms with E-state index in [4.69, 9.17) is 5.11 Å². The predicted octanol–water partition coefficient (Wildman–Crippen LogP) is 8.13. The molecule has 2 unspecified atom stereocenters. The van der Waals surface area contributed by atoms with E-state index in [2.05, 4.69) is 60.3 Å². The van der Waals surface area contributed by atoms with Gasteiger partial charge in [-0.15, -0.1) is 11.8 Å². The van der Waals surface area contributed by atoms with E-state index in [1.807, 2.05) is 86.7 Å². The van der Waals surface area contributed by atoms with Gasteiger partial charge in [-0.25, -0.2) is 9.97 Å². The summed E-state index contributed by atoms with van der Waals surface area (Å²) < 4.78 is 0. The Kier molecular flexibility index (Phi) is 17.2. The SMILES string of the molecule is CC#CCC(C)[C@H](O)/C=C/C1[C@H](O)C[C@@H]2C/C(=C\CCCC(=O)O)C[C@H]12.Cc1ccc(NC(=O)c2ccc(CN3CCN(C)CC3)cc2)cc1Nc1nccc(-c2cccnc2)n1. The highest BCUT2D eigenvalue weighted by Gasteiger charge is 2.45. The minimum Gasteiger partial charge on any atom is -0.481 e. The first-order valence-corrected chi connectivity index (χ1v) is 22.2. The van der Waals surface area contributed by atoms with Gasteiger partial charge in [-0.05, 0) is 124 Å². The van der Waals surface area contributed by atoms with Crippen molar-refractivity contribution in [1.29, 1.82) is 0 Å². The number of aromatic nitrogens is 3. The fourth-order valence-electron chi connectivity index (χ4n) is 8.59. The molecule has 63 heavy (non-hydrogen) atoms. The Balaban J connectivity index is 0.000000224. The highest BCUT2D eigenvalue weighted by molar-refractivity contribution is 6.04. The number of aliphatic hydroxyl groups is 2. The number of nitrogens with zero attached hydrogens (tertiary/aromatic N) is 5. The number of unbranched alkanes of at least 4 members (excludes halogenated alkanes) is 1. The summed E-state index contributed by atoms with van der Waals surface area (Å²) in [6.07, 6.45) is 15.6. The van der Waals surface area contributed by atoms with Gasteiger partial charge in [0.1, 0.15) is 0 Å². The third kappa shape index (κ3) is 13.9. The topological polar surface area (TPSA) is 164 Å². The van der Waals surface area contributed by atoms with Gasteiger partial charge in [0.25, 0.3) is 5.91 Å². The molecule has 12 heteroatoms. The zero-order valence-electron chi connectivity index (χ0n) is 37.1. The van der Waals surface area contributed by atoms with Gasteiger partial charge in [0.15, 0.2) is 0 Å². The molecule has 2 aromatic heterocycles. The number of hydrogen-bond donors (Lipinski definition) is 5. The predicted molar refractivity (Wildman–Crippen MR) is 249 cm³/mol. The van der Waals surface area contributed by atoms with Crippen molar-refractivity contribution in [2.45, 2.75) is 84.5 Å². The number of likely N-dealkylation sites (N-methyl/N-ethyl adjacent to an activating group) is 1. The fourth-order valence-corrected chi connectivity index (χ4v) is 8.59. The van der Waals surface area contributed by atoms with E-state index in [1.54, 1.807) is 25.5 Å². The monoisotopic (exact) mass is 853 g/mol. The third-order valence-electron chi connectivity index (χ3n) is 12.4. The standard InChI is InChI=1S/C29H31N7O.C22H32O4/c1-21-5-10-25(18-27(21)34-29-31-13-11-26(33-29)24-4-3-12-30-19-24)32-28(37)23-8-6-22(7-9-23)20-36-16-14-35(2)15-17-36;1-3-4-7-15(2)20(23)11-10-18-19-13-16(8-5-6-9-22(25)26)12-17(19)14-21(18)24/h3-13,18-19H,14-17,20H2,1-2H3,(H,32,37)(H,31,33,34);8,10-11,15,17-21,23-24H,5-7,9,12-14H2,1-2H3,(H,25,26)/b;11-10+,16-8+/t;15?,17-,18?,19-,20+,21+/m.0/s1. The number of carboxylic acid groups (broad SMARTS) is 1. The van der Waals surface area contributed by atoms with Gasteiger partial charge in [-0.3, -0.25) is 19.5 Å². The van der Waals surface area contributed by atoms with E-state index >= 15 is 0 Å². The van der Waals surface area contributed by atoms with E-state index in [0.717, 1.165) is 80.9 Å². The average Bonchev–Trinajstić information content (AvgIpc) is 3.81. The van der Waals surface area contributed by atoms with Gasteiger partial charge < -0.3 is 30.9 Å². The van der Waals surface area contributed by atoms with Gasteiger partial charge in [-0.2, -0.15) is 0 Å². The molecule has 2 aliphatic carbocycles. The van der Waals surface area contributed by atoms with E-state index in [-0.39, 0.29) is 30.3 Å². The van der Waals surface area contributed by atoms with E-state index in [0.29, 0.717) is 41.9 Å². The number of carbonyl (C=O) groups excluding carboxylic acids is 1. The van der Waals surface area contributed by atoms with Crippen LogP contribution in [0.3, 0.4) is 0 Å². The largest absolute Gasteiger partial charge is 0.481 e. The van der Waals surface area contributed by atoms with Crippen molar-refractivity contribution < 1.29 is 24.9 Å². The third-order valence-corrected chi connectivity index (χ3v) is 12.4. The van der Waals surface area contributed by atoms with Crippen LogP contribution in [0, 0.1) is 42.4 Å². The van der Waals surface area contributed by atoms with Crippen LogP contribution in [0.1, 0.15) is 80.3 Å². The number of anilines is 3. The molecule has 3 fully saturated rings. The normalized spacial score (nSPS) is 21.5. The lowest BCUT2D eigenvalue weighted by Gasteiger charge is -2.32. The molecule has 6 atom stereocenters. The maximum atomic E-state index is 12.9. The number of carbonyl (C=O) groups is 2. The first kappa shape index (κ1) is 46.8. The highest BCUT2D eigenvalue weighted by Crippen LogP contribution is 2.50. The minimum atomic E-state index is -0.738. The number of amides is 1. The number of rotatable bonds is 15. The molecule has 3 aliphatic rings. The van der Waals surface area contributed by atoms with Crippen LogP contribution in [0.5, 0.6) is 0 Å². The molecule has 1 aliphatic heterocycles. The first-order valence-electron chi connectivity index (χ1n) is 22.2. The number of piperazine rings is 1. The Morgan fingerprint density at radius 1 is 1.03 bits per heavy atom. The van der Waals surface area contributed by atoms with Gasteiger partial charge >= 0.3 is 5.97 Å². The Morgan fingerprint density at radius 2 is 1.83 bits per heavy atom. The average molecular weight is 854 g/mol. The van der Waals surface area contributed by atoms with Crippen molar-refractivity contribution in [2.24, 2.45) is 23.7 Å². The maximum absolute atomic E-state index is 12.9. The van der Waals surface area contributed by atoms with Gasteiger partial charge in [0.05, 0.1) is 17.9 Å². The second kappa shape index (κ2) is 23.1. The number of aliphatic carboxylic acids is 1. The van der Waals surface area contributed by atoms with Crippen LogP contribution in [0.15, 0.2) is 103 Å². The second-order valence-corrected chi connectivity index (χ2v) is 17.2. The lowest BCUT2D eigenvalue weighted by atomic mass is 9.89. The first-order chi connectivity index (χ1) is 30.4. The molecule has 1 saturated heterocycles. The summed E-state index contributed by atoms with van der Waals surface area (Å²) in [5, 5.41) is 35.7. The number of aliphatic hydroxyl groups excluding tert-OH is 2. The van der Waals surface area contributed by atoms with Crippen LogP contribution in [0.25, 0.3) is 11.3 Å². The summed E-state index contributed by atoms with van der Waals surface area (Å²) >= 11 is 0. The molecule has 332 valence electrons. The Morgan fingerprint density at radius 3 is 2.56 bits per heavy atom. The van der Waals surface area contributed by atoms with Crippen LogP contribution < -0.4 is 10.6 Å². The van der Waals surface area contributed by atoms with Gasteiger partial charge in [0, 0.05) is 92.6 Å². The summed E-state index contributed by atoms with van der Waals surface area (Å²) in [6, 6.07) is 19.3. The van der Waals surface area contributed by atoms with Crippen molar-refractivity contribution in [3.8, 4) is 23.1 Å². The molecule has 4 aromatic rings. The highest BCUT2D eigenvalue weighted by atomic mass is 16.4. The molecular formula is C51H63N7O5. The number of allylic oxidation sites excluding steroid dienone is 2. The second-order valence-electron chi connectivity index (χ2n) is 17.2. The number of hydrogen-bond acceptors (Lipinski definition) is 10. The van der Waals surface area contributed by atoms with Crippen molar-refractivity contribution in [1.82, 2.24) is 24.8 Å². The Labute approximate surface area is 372 Å². The fraction of sp³-hybridized carbons (Fsp3) is 0.431. The zero-order chi connectivity index (χ0) is 44.7. The molecule has 7 rings (SSSR count). The van der Waals surface area contributed by atoms with Crippen LogP contribution in [0.2, 0.25) is 0 Å². The molecule has 0 radical (unpaired) electrons. The van der Waals surface area contributed by atoms with Crippen LogP contribution in [-0.4, -0.2) is 97.4 Å². The molecule has 2 saturated carbocycles. The Bertz CT molecular complexity index is 2250. The summed E-state index contributed by atoms with van der Waals surface area (Å²) in [5.41, 5.74) is 7.49. The lowest BCUT2D eigenvalue weighted by Crippen LogP contribution is -2.43. The zero-order valence-corrected chi connectivity index (χ0v) is 37.1. The smallest absolute Gasteiger partial charge is 0.303 e. The molecule has 12 nitrogen and oxygen atoms in total. The van der Waals surface area contributed by atoms with Crippen LogP contribution in [-0.2, 0) is 11.3 Å². The molecular weight excluding hydrogens is 791 g/mol. The van der Waals surface area contributed by atoms with Crippen molar-refractivity contribution >= 4 is 29.2 Å². The lowest BCUT2D eigenvalue weighted by molar-refractivity contribution is -0.137. The molecule has 0 spiro atoms. The van der Waals surface area contributed by atoms with E-state index < -0.39 is 12.1 Å². The molecule has 2 aromatic carbocycles. The van der Waals surface area contributed by atoms with E-state index in [1.165, 1.54) is 11.1 Å². The molecule has 3 heterocycles. The van der Waals surface area contributed by atoms with Crippen molar-refractivity contribution in [3.05, 3.63) is 120 Å². The molecule has 0 bridgehead atoms. The van der Waals surface area contributed by atoms with Crippen LogP contribution in [0.4, 0.5) is 17.3 Å².